The summed E-state index contributed by atoms with van der Waals surface area (Å²) >= 11 is 0. The summed E-state index contributed by atoms with van der Waals surface area (Å²) in [6, 6.07) is 2.48. The number of aromatic nitrogens is 3. The molecule has 2 aromatic heterocycles. The number of nitrogens with one attached hydrogen (secondary N) is 1. The summed E-state index contributed by atoms with van der Waals surface area (Å²) in [6.45, 7) is 0.848. The summed E-state index contributed by atoms with van der Waals surface area (Å²) in [5.74, 6) is 1.95. The van der Waals surface area contributed by atoms with Gasteiger partial charge in [-0.2, -0.15) is 5.10 Å². The Labute approximate surface area is 129 Å². The Hall–Kier alpha value is -1.82. The Morgan fingerprint density at radius 3 is 3.00 bits per heavy atom. The zero-order valence-corrected chi connectivity index (χ0v) is 12.6. The summed E-state index contributed by atoms with van der Waals surface area (Å²) < 4.78 is 7.72. The van der Waals surface area contributed by atoms with Gasteiger partial charge in [-0.15, -0.1) is 0 Å². The van der Waals surface area contributed by atoms with Crippen LogP contribution in [0.3, 0.4) is 0 Å². The molecule has 3 atom stereocenters. The van der Waals surface area contributed by atoms with Crippen molar-refractivity contribution in [3.05, 3.63) is 30.4 Å². The fourth-order valence-electron chi connectivity index (χ4n) is 3.49. The first kappa shape index (κ1) is 13.8. The molecule has 4 rings (SSSR count). The summed E-state index contributed by atoms with van der Waals surface area (Å²) in [5, 5.41) is 17.8. The minimum Gasteiger partial charge on any atom is -0.428 e. The molecule has 2 N–H and O–H groups in total. The number of rotatable bonds is 5. The second-order valence-electron chi connectivity index (χ2n) is 6.58. The molecular weight excluding hydrogens is 280 g/mol. The lowest BCUT2D eigenvalue weighted by atomic mass is 9.84. The molecule has 0 bridgehead atoms. The zero-order valence-electron chi connectivity index (χ0n) is 12.6. The molecule has 6 nitrogen and oxygen atoms in total. The minimum absolute atomic E-state index is 0.00783. The molecule has 2 heterocycles. The molecule has 118 valence electrons. The second kappa shape index (κ2) is 5.76. The van der Waals surface area contributed by atoms with Gasteiger partial charge in [-0.3, -0.25) is 4.68 Å². The lowest BCUT2D eigenvalue weighted by molar-refractivity contribution is 0.165. The third-order valence-electron chi connectivity index (χ3n) is 4.97. The highest BCUT2D eigenvalue weighted by atomic mass is 16.4. The molecule has 0 aromatic carbocycles. The number of nitrogens with zero attached hydrogens (tertiary/aromatic N) is 3. The Morgan fingerprint density at radius 1 is 1.36 bits per heavy atom. The zero-order chi connectivity index (χ0) is 14.9. The van der Waals surface area contributed by atoms with Gasteiger partial charge in [0.05, 0.1) is 18.3 Å². The highest BCUT2D eigenvalue weighted by Crippen LogP contribution is 2.37. The van der Waals surface area contributed by atoms with Gasteiger partial charge < -0.3 is 14.8 Å². The normalized spacial score (nSPS) is 28.7. The van der Waals surface area contributed by atoms with Gasteiger partial charge in [0.25, 0.3) is 6.01 Å². The molecule has 0 spiro atoms. The van der Waals surface area contributed by atoms with E-state index in [4.69, 9.17) is 4.42 Å². The van der Waals surface area contributed by atoms with Crippen LogP contribution in [0.25, 0.3) is 0 Å². The summed E-state index contributed by atoms with van der Waals surface area (Å²) in [5.41, 5.74) is 0. The third-order valence-corrected chi connectivity index (χ3v) is 4.97. The van der Waals surface area contributed by atoms with Crippen molar-refractivity contribution in [1.82, 2.24) is 14.8 Å². The molecule has 2 saturated carbocycles. The molecule has 0 amide bonds. The van der Waals surface area contributed by atoms with E-state index in [-0.39, 0.29) is 12.1 Å². The monoisotopic (exact) mass is 302 g/mol. The average molecular weight is 302 g/mol. The van der Waals surface area contributed by atoms with E-state index < -0.39 is 0 Å². The van der Waals surface area contributed by atoms with Crippen molar-refractivity contribution in [2.24, 2.45) is 5.92 Å². The summed E-state index contributed by atoms with van der Waals surface area (Å²) in [4.78, 5) is 4.31. The van der Waals surface area contributed by atoms with E-state index in [1.165, 1.54) is 19.3 Å². The smallest absolute Gasteiger partial charge is 0.295 e. The van der Waals surface area contributed by atoms with Crippen molar-refractivity contribution >= 4 is 6.01 Å². The second-order valence-corrected chi connectivity index (χ2v) is 6.58. The van der Waals surface area contributed by atoms with Gasteiger partial charge in [0.15, 0.2) is 0 Å². The van der Waals surface area contributed by atoms with Gasteiger partial charge in [0, 0.05) is 24.9 Å². The van der Waals surface area contributed by atoms with Crippen molar-refractivity contribution < 1.29 is 9.52 Å². The molecule has 0 aliphatic heterocycles. The first-order chi connectivity index (χ1) is 10.8. The van der Waals surface area contributed by atoms with Crippen LogP contribution in [0, 0.1) is 5.92 Å². The molecule has 2 aliphatic rings. The third kappa shape index (κ3) is 2.75. The van der Waals surface area contributed by atoms with E-state index in [9.17, 15) is 5.11 Å². The van der Waals surface area contributed by atoms with Crippen LogP contribution >= 0.6 is 0 Å². The van der Waals surface area contributed by atoms with Crippen molar-refractivity contribution in [2.45, 2.75) is 56.7 Å². The lowest BCUT2D eigenvalue weighted by Gasteiger charge is -2.22. The van der Waals surface area contributed by atoms with E-state index in [1.54, 1.807) is 6.20 Å². The van der Waals surface area contributed by atoms with Gasteiger partial charge >= 0.3 is 0 Å². The number of anilines is 1. The van der Waals surface area contributed by atoms with Crippen molar-refractivity contribution in [3.63, 3.8) is 0 Å². The highest BCUT2D eigenvalue weighted by molar-refractivity contribution is 5.25. The predicted octanol–water partition coefficient (Wildman–Crippen LogP) is 2.39. The largest absolute Gasteiger partial charge is 0.428 e. The molecule has 2 aromatic rings. The maximum absolute atomic E-state index is 10.3. The first-order valence-electron chi connectivity index (χ1n) is 8.15. The molecule has 0 saturated heterocycles. The van der Waals surface area contributed by atoms with Crippen LogP contribution in [-0.4, -0.2) is 32.0 Å². The standard InChI is InChI=1S/C16H22N4O2/c21-14-8-11(10-20-6-2-5-18-20)7-13(14)19-16-17-9-15(22-16)12-3-1-4-12/h2,5-6,9,11-14,21H,1,3-4,7-8,10H2,(H,17,19)/t11?,13-,14-/m1/s1. The number of oxazole rings is 1. The van der Waals surface area contributed by atoms with Crippen molar-refractivity contribution in [3.8, 4) is 0 Å². The van der Waals surface area contributed by atoms with E-state index in [0.717, 1.165) is 25.1 Å². The summed E-state index contributed by atoms with van der Waals surface area (Å²) in [6.07, 6.45) is 10.6. The fraction of sp³-hybridized carbons (Fsp3) is 0.625. The van der Waals surface area contributed by atoms with Crippen LogP contribution in [0.1, 0.15) is 43.8 Å². The first-order valence-corrected chi connectivity index (χ1v) is 8.15. The molecule has 1 unspecified atom stereocenters. The number of hydrogen-bond acceptors (Lipinski definition) is 5. The Balaban J connectivity index is 1.35. The molecule has 0 radical (unpaired) electrons. The Bertz CT molecular complexity index is 605. The fourth-order valence-corrected chi connectivity index (χ4v) is 3.49. The van der Waals surface area contributed by atoms with Gasteiger partial charge in [-0.05, 0) is 37.7 Å². The number of aliphatic hydroxyl groups excluding tert-OH is 1. The van der Waals surface area contributed by atoms with Gasteiger partial charge in [-0.25, -0.2) is 4.98 Å². The number of aliphatic hydroxyl groups is 1. The SMILES string of the molecule is O[C@@H]1CC(Cn2cccn2)C[C@H]1Nc1ncc(C2CCC2)o1. The van der Waals surface area contributed by atoms with Crippen LogP contribution in [-0.2, 0) is 6.54 Å². The summed E-state index contributed by atoms with van der Waals surface area (Å²) in [7, 11) is 0. The number of hydrogen-bond donors (Lipinski definition) is 2. The predicted molar refractivity (Wildman–Crippen MR) is 81.5 cm³/mol. The van der Waals surface area contributed by atoms with E-state index in [2.05, 4.69) is 15.4 Å². The molecule has 22 heavy (non-hydrogen) atoms. The maximum atomic E-state index is 10.3. The van der Waals surface area contributed by atoms with Crippen LogP contribution in [0.4, 0.5) is 6.01 Å². The van der Waals surface area contributed by atoms with Gasteiger partial charge in [0.2, 0.25) is 0 Å². The van der Waals surface area contributed by atoms with Gasteiger partial charge in [0.1, 0.15) is 5.76 Å². The van der Waals surface area contributed by atoms with Crippen LogP contribution in [0.15, 0.2) is 29.1 Å². The van der Waals surface area contributed by atoms with Crippen molar-refractivity contribution in [2.75, 3.05) is 5.32 Å². The van der Waals surface area contributed by atoms with E-state index >= 15 is 0 Å². The van der Waals surface area contributed by atoms with E-state index in [1.807, 2.05) is 23.1 Å². The molecule has 2 fully saturated rings. The quantitative estimate of drug-likeness (QED) is 0.887. The van der Waals surface area contributed by atoms with Crippen LogP contribution in [0.2, 0.25) is 0 Å². The minimum atomic E-state index is -0.361. The Morgan fingerprint density at radius 2 is 2.27 bits per heavy atom. The molecule has 2 aliphatic carbocycles. The van der Waals surface area contributed by atoms with Gasteiger partial charge in [-0.1, -0.05) is 6.42 Å². The molecular formula is C16H22N4O2. The topological polar surface area (TPSA) is 76.1 Å². The average Bonchev–Trinajstić information content (AvgIpc) is 3.13. The van der Waals surface area contributed by atoms with Crippen molar-refractivity contribution in [1.29, 1.82) is 0 Å². The van der Waals surface area contributed by atoms with E-state index in [0.29, 0.717) is 17.9 Å². The highest BCUT2D eigenvalue weighted by Gasteiger charge is 2.34. The Kier molecular flexibility index (Phi) is 3.62. The maximum Gasteiger partial charge on any atom is 0.295 e. The lowest BCUT2D eigenvalue weighted by Crippen LogP contribution is -2.28. The van der Waals surface area contributed by atoms with Crippen LogP contribution < -0.4 is 5.32 Å². The molecule has 6 heteroatoms. The van der Waals surface area contributed by atoms with Crippen LogP contribution in [0.5, 0.6) is 0 Å².